The molecule has 0 bridgehead atoms. The second-order valence-corrected chi connectivity index (χ2v) is 7.63. The lowest BCUT2D eigenvalue weighted by Gasteiger charge is -2.13. The number of hydrogen-bond donors (Lipinski definition) is 1. The van der Waals surface area contributed by atoms with Crippen LogP contribution in [-0.2, 0) is 17.8 Å². The molecule has 6 heteroatoms. The van der Waals surface area contributed by atoms with Crippen molar-refractivity contribution >= 4 is 17.1 Å². The Morgan fingerprint density at radius 1 is 1.18 bits per heavy atom. The van der Waals surface area contributed by atoms with Crippen LogP contribution in [0.15, 0.2) is 43.0 Å². The highest BCUT2D eigenvalue weighted by molar-refractivity contribution is 5.75. The van der Waals surface area contributed by atoms with Crippen LogP contribution in [0.25, 0.3) is 11.2 Å². The quantitative estimate of drug-likeness (QED) is 0.679. The van der Waals surface area contributed by atoms with E-state index in [1.165, 1.54) is 0 Å². The van der Waals surface area contributed by atoms with E-state index in [1.807, 2.05) is 36.7 Å². The molecule has 1 fully saturated rings. The maximum Gasteiger partial charge on any atom is 0.220 e. The zero-order valence-corrected chi connectivity index (χ0v) is 16.3. The molecule has 2 heterocycles. The number of aryl methyl sites for hydroxylation is 1. The molecule has 1 saturated carbocycles. The van der Waals surface area contributed by atoms with Gasteiger partial charge in [0.25, 0.3) is 0 Å². The lowest BCUT2D eigenvalue weighted by Crippen LogP contribution is -2.23. The molecule has 0 saturated heterocycles. The Kier molecular flexibility index (Phi) is 5.65. The fourth-order valence-electron chi connectivity index (χ4n) is 4.21. The molecular weight excluding hydrogens is 350 g/mol. The van der Waals surface area contributed by atoms with Crippen LogP contribution in [0.1, 0.15) is 56.3 Å². The topological polar surface area (TPSA) is 72.7 Å². The fourth-order valence-corrected chi connectivity index (χ4v) is 4.21. The van der Waals surface area contributed by atoms with Gasteiger partial charge in [0.05, 0.1) is 12.0 Å². The van der Waals surface area contributed by atoms with E-state index in [9.17, 15) is 4.79 Å². The normalized spacial score (nSPS) is 19.2. The number of carbonyl (C=O) groups is 1. The predicted octanol–water partition coefficient (Wildman–Crippen LogP) is 3.83. The molecule has 1 N–H and O–H groups in total. The first-order valence-electron chi connectivity index (χ1n) is 10.2. The summed E-state index contributed by atoms with van der Waals surface area (Å²) in [6, 6.07) is 10.5. The minimum Gasteiger partial charge on any atom is -0.352 e. The molecule has 146 valence electrons. The molecule has 1 aromatic carbocycles. The van der Waals surface area contributed by atoms with Crippen LogP contribution < -0.4 is 5.32 Å². The maximum atomic E-state index is 12.2. The summed E-state index contributed by atoms with van der Waals surface area (Å²) in [6.07, 6.45) is 9.32. The molecule has 0 spiro atoms. The zero-order chi connectivity index (χ0) is 19.3. The highest BCUT2D eigenvalue weighted by Gasteiger charge is 2.27. The minimum absolute atomic E-state index is 0.140. The molecule has 3 aromatic rings. The van der Waals surface area contributed by atoms with E-state index in [1.54, 1.807) is 6.33 Å². The molecule has 28 heavy (non-hydrogen) atoms. The summed E-state index contributed by atoms with van der Waals surface area (Å²) in [5.41, 5.74) is 4.01. The summed E-state index contributed by atoms with van der Waals surface area (Å²) < 4.78 is 2.21. The van der Waals surface area contributed by atoms with E-state index < -0.39 is 0 Å². The smallest absolute Gasteiger partial charge is 0.220 e. The molecule has 2 atom stereocenters. The summed E-state index contributed by atoms with van der Waals surface area (Å²) in [5.74, 6) is 0.720. The van der Waals surface area contributed by atoms with Gasteiger partial charge in [-0.05, 0) is 43.6 Å². The van der Waals surface area contributed by atoms with Gasteiger partial charge in [-0.1, -0.05) is 37.3 Å². The van der Waals surface area contributed by atoms with Crippen LogP contribution in [0.2, 0.25) is 0 Å². The third-order valence-corrected chi connectivity index (χ3v) is 5.79. The average Bonchev–Trinajstić information content (AvgIpc) is 3.38. The van der Waals surface area contributed by atoms with Gasteiger partial charge >= 0.3 is 0 Å². The Morgan fingerprint density at radius 2 is 2.04 bits per heavy atom. The summed E-state index contributed by atoms with van der Waals surface area (Å²) in [7, 11) is 0. The predicted molar refractivity (Wildman–Crippen MR) is 109 cm³/mol. The van der Waals surface area contributed by atoms with E-state index in [2.05, 4.69) is 31.8 Å². The summed E-state index contributed by atoms with van der Waals surface area (Å²) in [5, 5.41) is 3.03. The standard InChI is InChI=1S/C22H27N5O/c1-2-19-21-22(25-14-24-19)27(15-26-21)18-10-8-16(12-18)9-11-20(28)23-13-17-6-4-3-5-7-17/h3-7,14-16,18H,2,8-13H2,1H3,(H,23,28)/t16-,18?/m0/s1. The van der Waals surface area contributed by atoms with Crippen LogP contribution in [0.5, 0.6) is 0 Å². The molecule has 2 aromatic heterocycles. The largest absolute Gasteiger partial charge is 0.352 e. The highest BCUT2D eigenvalue weighted by atomic mass is 16.1. The summed E-state index contributed by atoms with van der Waals surface area (Å²) >= 11 is 0. The van der Waals surface area contributed by atoms with Crippen LogP contribution in [0.4, 0.5) is 0 Å². The SMILES string of the molecule is CCc1ncnc2c1ncn2C1CC[C@@H](CCC(=O)NCc2ccccc2)C1. The molecule has 1 aliphatic rings. The van der Waals surface area contributed by atoms with Gasteiger partial charge in [0, 0.05) is 19.0 Å². The number of benzene rings is 1. The van der Waals surface area contributed by atoms with Gasteiger partial charge in [-0.15, -0.1) is 0 Å². The second-order valence-electron chi connectivity index (χ2n) is 7.63. The third kappa shape index (κ3) is 4.06. The number of nitrogens with one attached hydrogen (secondary N) is 1. The second kappa shape index (κ2) is 8.50. The number of fused-ring (bicyclic) bond motifs is 1. The van der Waals surface area contributed by atoms with Crippen molar-refractivity contribution in [2.75, 3.05) is 0 Å². The van der Waals surface area contributed by atoms with Crippen molar-refractivity contribution in [1.82, 2.24) is 24.8 Å². The van der Waals surface area contributed by atoms with Gasteiger partial charge in [-0.25, -0.2) is 15.0 Å². The molecule has 1 unspecified atom stereocenters. The van der Waals surface area contributed by atoms with Gasteiger partial charge in [0.2, 0.25) is 5.91 Å². The Morgan fingerprint density at radius 3 is 2.86 bits per heavy atom. The van der Waals surface area contributed by atoms with E-state index >= 15 is 0 Å². The molecule has 0 radical (unpaired) electrons. The molecular formula is C22H27N5O. The van der Waals surface area contributed by atoms with Crippen molar-refractivity contribution in [3.8, 4) is 0 Å². The van der Waals surface area contributed by atoms with Gasteiger partial charge in [0.1, 0.15) is 11.8 Å². The van der Waals surface area contributed by atoms with E-state index in [0.717, 1.165) is 54.5 Å². The lowest BCUT2D eigenvalue weighted by atomic mass is 10.0. The first-order chi connectivity index (χ1) is 13.7. The number of nitrogens with zero attached hydrogens (tertiary/aromatic N) is 4. The fraction of sp³-hybridized carbons (Fsp3) is 0.455. The number of aromatic nitrogens is 4. The molecule has 4 rings (SSSR count). The Labute approximate surface area is 165 Å². The first kappa shape index (κ1) is 18.6. The van der Waals surface area contributed by atoms with Crippen molar-refractivity contribution in [2.24, 2.45) is 5.92 Å². The van der Waals surface area contributed by atoms with Gasteiger partial charge in [-0.3, -0.25) is 4.79 Å². The third-order valence-electron chi connectivity index (χ3n) is 5.79. The number of rotatable bonds is 7. The van der Waals surface area contributed by atoms with Crippen LogP contribution in [0, 0.1) is 5.92 Å². The van der Waals surface area contributed by atoms with Crippen molar-refractivity contribution in [1.29, 1.82) is 0 Å². The van der Waals surface area contributed by atoms with Crippen LogP contribution in [-0.4, -0.2) is 25.4 Å². The van der Waals surface area contributed by atoms with Crippen LogP contribution in [0.3, 0.4) is 0 Å². The number of carbonyl (C=O) groups excluding carboxylic acids is 1. The zero-order valence-electron chi connectivity index (χ0n) is 16.3. The Balaban J connectivity index is 1.29. The van der Waals surface area contributed by atoms with E-state index in [0.29, 0.717) is 24.9 Å². The molecule has 1 aliphatic carbocycles. The molecule has 0 aliphatic heterocycles. The van der Waals surface area contributed by atoms with Gasteiger partial charge in [0.15, 0.2) is 5.65 Å². The van der Waals surface area contributed by atoms with E-state index in [-0.39, 0.29) is 5.91 Å². The van der Waals surface area contributed by atoms with Gasteiger partial charge < -0.3 is 9.88 Å². The van der Waals surface area contributed by atoms with E-state index in [4.69, 9.17) is 0 Å². The van der Waals surface area contributed by atoms with Crippen molar-refractivity contribution in [3.63, 3.8) is 0 Å². The Hall–Kier alpha value is -2.76. The maximum absolute atomic E-state index is 12.2. The van der Waals surface area contributed by atoms with Crippen molar-refractivity contribution in [2.45, 2.75) is 58.0 Å². The van der Waals surface area contributed by atoms with Gasteiger partial charge in [-0.2, -0.15) is 0 Å². The number of amides is 1. The minimum atomic E-state index is 0.140. The van der Waals surface area contributed by atoms with Crippen molar-refractivity contribution in [3.05, 3.63) is 54.2 Å². The van der Waals surface area contributed by atoms with Crippen LogP contribution >= 0.6 is 0 Å². The number of hydrogen-bond acceptors (Lipinski definition) is 4. The highest BCUT2D eigenvalue weighted by Crippen LogP contribution is 2.38. The lowest BCUT2D eigenvalue weighted by molar-refractivity contribution is -0.121. The summed E-state index contributed by atoms with van der Waals surface area (Å²) in [6.45, 7) is 2.70. The monoisotopic (exact) mass is 377 g/mol. The van der Waals surface area contributed by atoms with Crippen molar-refractivity contribution < 1.29 is 4.79 Å². The number of imidazole rings is 1. The molecule has 6 nitrogen and oxygen atoms in total. The molecule has 1 amide bonds. The summed E-state index contributed by atoms with van der Waals surface area (Å²) in [4.78, 5) is 25.6. The first-order valence-corrected chi connectivity index (χ1v) is 10.2. The Bertz CT molecular complexity index is 937. The average molecular weight is 377 g/mol.